The predicted octanol–water partition coefficient (Wildman–Crippen LogP) is 2.00. The van der Waals surface area contributed by atoms with E-state index >= 15 is 0 Å². The topological polar surface area (TPSA) is 41.6 Å². The van der Waals surface area contributed by atoms with Gasteiger partial charge in [0.15, 0.2) is 0 Å². The number of amides is 1. The van der Waals surface area contributed by atoms with E-state index in [2.05, 4.69) is 28.6 Å². The smallest absolute Gasteiger partial charge is 0.237 e. The van der Waals surface area contributed by atoms with E-state index in [1.165, 1.54) is 4.90 Å². The Balaban J connectivity index is 1.78. The van der Waals surface area contributed by atoms with Crippen molar-refractivity contribution in [3.05, 3.63) is 24.3 Å². The van der Waals surface area contributed by atoms with Crippen LogP contribution in [0.25, 0.3) is 0 Å². The van der Waals surface area contributed by atoms with E-state index in [0.717, 1.165) is 31.7 Å². The van der Waals surface area contributed by atoms with Crippen LogP contribution in [0.2, 0.25) is 0 Å². The molecule has 1 aromatic rings. The quantitative estimate of drug-likeness (QED) is 0.815. The molecule has 20 heavy (non-hydrogen) atoms. The summed E-state index contributed by atoms with van der Waals surface area (Å²) in [5.74, 6) is 1.00. The molecule has 5 heteroatoms. The zero-order valence-electron chi connectivity index (χ0n) is 12.1. The number of carbonyl (C=O) groups is 1. The van der Waals surface area contributed by atoms with Crippen LogP contribution < -0.4 is 10.1 Å². The molecule has 1 unspecified atom stereocenters. The number of nitrogens with zero attached hydrogens (tertiary/aromatic N) is 1. The molecule has 1 aliphatic heterocycles. The Morgan fingerprint density at radius 2 is 2.20 bits per heavy atom. The molecule has 1 fully saturated rings. The number of benzene rings is 1. The van der Waals surface area contributed by atoms with Gasteiger partial charge in [-0.15, -0.1) is 11.8 Å². The summed E-state index contributed by atoms with van der Waals surface area (Å²) in [4.78, 5) is 15.2. The lowest BCUT2D eigenvalue weighted by molar-refractivity contribution is -0.125. The van der Waals surface area contributed by atoms with Crippen molar-refractivity contribution in [1.82, 2.24) is 10.2 Å². The van der Waals surface area contributed by atoms with Crippen LogP contribution in [0.15, 0.2) is 29.2 Å². The fourth-order valence-corrected chi connectivity index (χ4v) is 2.92. The van der Waals surface area contributed by atoms with E-state index in [-0.39, 0.29) is 11.9 Å². The van der Waals surface area contributed by atoms with Gasteiger partial charge in [-0.2, -0.15) is 0 Å². The van der Waals surface area contributed by atoms with E-state index in [1.807, 2.05) is 12.1 Å². The predicted molar refractivity (Wildman–Crippen MR) is 82.4 cm³/mol. The minimum atomic E-state index is 0.0162. The molecule has 1 N–H and O–H groups in total. The fraction of sp³-hybridized carbons (Fsp3) is 0.533. The van der Waals surface area contributed by atoms with Gasteiger partial charge in [-0.25, -0.2) is 0 Å². The molecule has 1 amide bonds. The van der Waals surface area contributed by atoms with Gasteiger partial charge in [-0.3, -0.25) is 9.69 Å². The maximum absolute atomic E-state index is 11.7. The molecule has 110 valence electrons. The van der Waals surface area contributed by atoms with Crippen molar-refractivity contribution in [2.45, 2.75) is 23.8 Å². The monoisotopic (exact) mass is 294 g/mol. The summed E-state index contributed by atoms with van der Waals surface area (Å²) < 4.78 is 5.75. The molecule has 2 rings (SSSR count). The van der Waals surface area contributed by atoms with Crippen LogP contribution in [0.4, 0.5) is 0 Å². The number of hydrogen-bond acceptors (Lipinski definition) is 4. The summed E-state index contributed by atoms with van der Waals surface area (Å²) in [7, 11) is 1.70. The number of carbonyl (C=O) groups excluding carboxylic acids is 1. The van der Waals surface area contributed by atoms with Crippen LogP contribution in [-0.2, 0) is 4.79 Å². The van der Waals surface area contributed by atoms with E-state index in [9.17, 15) is 4.79 Å². The summed E-state index contributed by atoms with van der Waals surface area (Å²) in [6, 6.07) is 8.12. The Hall–Kier alpha value is -1.20. The second-order valence-electron chi connectivity index (χ2n) is 4.83. The number of likely N-dealkylation sites (N-methyl/N-ethyl adjacent to an activating group) is 1. The fourth-order valence-electron chi connectivity index (χ4n) is 2.51. The van der Waals surface area contributed by atoms with Crippen molar-refractivity contribution in [3.8, 4) is 5.75 Å². The van der Waals surface area contributed by atoms with E-state index in [4.69, 9.17) is 4.74 Å². The van der Waals surface area contributed by atoms with Gasteiger partial charge in [-0.1, -0.05) is 0 Å². The average Bonchev–Trinajstić information content (AvgIpc) is 2.95. The Morgan fingerprint density at radius 3 is 2.85 bits per heavy atom. The maximum atomic E-state index is 11.7. The Kier molecular flexibility index (Phi) is 5.73. The van der Waals surface area contributed by atoms with Gasteiger partial charge in [0.1, 0.15) is 12.4 Å². The third-order valence-corrected chi connectivity index (χ3v) is 4.36. The summed E-state index contributed by atoms with van der Waals surface area (Å²) in [5.41, 5.74) is 0. The van der Waals surface area contributed by atoms with Crippen molar-refractivity contribution >= 4 is 17.7 Å². The minimum absolute atomic E-state index is 0.0162. The van der Waals surface area contributed by atoms with Crippen LogP contribution >= 0.6 is 11.8 Å². The van der Waals surface area contributed by atoms with Crippen LogP contribution in [-0.4, -0.2) is 49.8 Å². The van der Waals surface area contributed by atoms with Crippen LogP contribution in [0.3, 0.4) is 0 Å². The lowest BCUT2D eigenvalue weighted by Crippen LogP contribution is -2.43. The number of nitrogens with one attached hydrogen (secondary N) is 1. The first kappa shape index (κ1) is 15.2. The number of hydrogen-bond donors (Lipinski definition) is 1. The largest absolute Gasteiger partial charge is 0.492 e. The van der Waals surface area contributed by atoms with E-state index in [0.29, 0.717) is 6.61 Å². The zero-order valence-corrected chi connectivity index (χ0v) is 12.9. The van der Waals surface area contributed by atoms with Crippen molar-refractivity contribution < 1.29 is 9.53 Å². The first-order valence-electron chi connectivity index (χ1n) is 6.97. The maximum Gasteiger partial charge on any atom is 0.237 e. The van der Waals surface area contributed by atoms with Crippen molar-refractivity contribution in [2.24, 2.45) is 0 Å². The van der Waals surface area contributed by atoms with Crippen LogP contribution in [0, 0.1) is 0 Å². The highest BCUT2D eigenvalue weighted by atomic mass is 32.2. The summed E-state index contributed by atoms with van der Waals surface area (Å²) in [6.07, 6.45) is 4.09. The van der Waals surface area contributed by atoms with Gasteiger partial charge in [-0.05, 0) is 49.9 Å². The van der Waals surface area contributed by atoms with Gasteiger partial charge in [0, 0.05) is 18.5 Å². The van der Waals surface area contributed by atoms with Gasteiger partial charge in [0.05, 0.1) is 6.04 Å². The highest BCUT2D eigenvalue weighted by Crippen LogP contribution is 2.20. The molecule has 1 heterocycles. The summed E-state index contributed by atoms with van der Waals surface area (Å²) in [5, 5.41) is 2.73. The molecule has 1 aromatic carbocycles. The van der Waals surface area contributed by atoms with Crippen LogP contribution in [0.1, 0.15) is 12.8 Å². The second-order valence-corrected chi connectivity index (χ2v) is 5.71. The van der Waals surface area contributed by atoms with Crippen LogP contribution in [0.5, 0.6) is 5.75 Å². The normalized spacial score (nSPS) is 19.0. The molecule has 1 saturated heterocycles. The first-order valence-corrected chi connectivity index (χ1v) is 8.19. The second kappa shape index (κ2) is 7.55. The van der Waals surface area contributed by atoms with Crippen molar-refractivity contribution in [3.63, 3.8) is 0 Å². The van der Waals surface area contributed by atoms with Gasteiger partial charge < -0.3 is 10.1 Å². The van der Waals surface area contributed by atoms with E-state index < -0.39 is 0 Å². The van der Waals surface area contributed by atoms with Crippen molar-refractivity contribution in [2.75, 3.05) is 33.0 Å². The lowest BCUT2D eigenvalue weighted by atomic mass is 10.2. The first-order chi connectivity index (χ1) is 9.74. The highest BCUT2D eigenvalue weighted by molar-refractivity contribution is 7.98. The number of rotatable bonds is 6. The Bertz CT molecular complexity index is 436. The van der Waals surface area contributed by atoms with Gasteiger partial charge >= 0.3 is 0 Å². The number of thioether (sulfide) groups is 1. The molecular weight excluding hydrogens is 272 g/mol. The molecule has 1 atom stereocenters. The Labute approximate surface area is 124 Å². The zero-order chi connectivity index (χ0) is 14.4. The third-order valence-electron chi connectivity index (χ3n) is 3.62. The van der Waals surface area contributed by atoms with Gasteiger partial charge in [0.25, 0.3) is 0 Å². The molecule has 0 bridgehead atoms. The average molecular weight is 294 g/mol. The molecule has 4 nitrogen and oxygen atoms in total. The molecule has 0 aromatic heterocycles. The molecular formula is C15H22N2O2S. The Morgan fingerprint density at radius 1 is 1.45 bits per heavy atom. The lowest BCUT2D eigenvalue weighted by Gasteiger charge is -2.22. The molecule has 0 saturated carbocycles. The van der Waals surface area contributed by atoms with E-state index in [1.54, 1.807) is 18.8 Å². The summed E-state index contributed by atoms with van der Waals surface area (Å²) in [6.45, 7) is 2.39. The number of ether oxygens (including phenoxy) is 1. The molecule has 0 aliphatic carbocycles. The SMILES string of the molecule is CNC(=O)C1CCCN1CCOc1ccc(SC)cc1. The molecule has 0 spiro atoms. The van der Waals surface area contributed by atoms with Crippen molar-refractivity contribution in [1.29, 1.82) is 0 Å². The molecule has 0 radical (unpaired) electrons. The standard InChI is InChI=1S/C15H22N2O2S/c1-16-15(18)14-4-3-9-17(14)10-11-19-12-5-7-13(20-2)8-6-12/h5-8,14H,3-4,9-11H2,1-2H3,(H,16,18). The summed E-state index contributed by atoms with van der Waals surface area (Å²) >= 11 is 1.72. The van der Waals surface area contributed by atoms with Gasteiger partial charge in [0.2, 0.25) is 5.91 Å². The minimum Gasteiger partial charge on any atom is -0.492 e. The molecule has 1 aliphatic rings. The number of likely N-dealkylation sites (tertiary alicyclic amines) is 1. The highest BCUT2D eigenvalue weighted by Gasteiger charge is 2.29. The third kappa shape index (κ3) is 3.90.